The van der Waals surface area contributed by atoms with Crippen LogP contribution in [0.4, 0.5) is 35.1 Å². The molecule has 0 rings (SSSR count). The van der Waals surface area contributed by atoms with E-state index in [1.807, 2.05) is 0 Å². The van der Waals surface area contributed by atoms with Gasteiger partial charge in [-0.05, 0) is 0 Å². The van der Waals surface area contributed by atoms with E-state index in [0.29, 0.717) is 7.11 Å². The van der Waals surface area contributed by atoms with Crippen LogP contribution in [0.15, 0.2) is 0 Å². The quantitative estimate of drug-likeness (QED) is 0.789. The van der Waals surface area contributed by atoms with E-state index in [1.165, 1.54) is 0 Å². The number of ether oxygens (including phenoxy) is 1. The lowest BCUT2D eigenvalue weighted by Gasteiger charge is -2.37. The van der Waals surface area contributed by atoms with Gasteiger partial charge in [0.25, 0.3) is 0 Å². The van der Waals surface area contributed by atoms with Gasteiger partial charge in [-0.3, -0.25) is 0 Å². The summed E-state index contributed by atoms with van der Waals surface area (Å²) in [5, 5.41) is 8.26. The van der Waals surface area contributed by atoms with Crippen LogP contribution < -0.4 is 0 Å². The fraction of sp³-hybridized carbons (Fsp3) is 1.00. The van der Waals surface area contributed by atoms with Crippen LogP contribution in [0, 0.1) is 0 Å². The van der Waals surface area contributed by atoms with Crippen LogP contribution in [0.3, 0.4) is 0 Å². The number of halogens is 8. The molecule has 0 heterocycles. The molecule has 0 fully saturated rings. The Labute approximate surface area is 83.8 Å². The maximum Gasteiger partial charge on any atom is 0.432 e. The Balaban J connectivity index is 5.61. The molecule has 0 aromatic carbocycles. The lowest BCUT2D eigenvalue weighted by molar-refractivity contribution is -0.425. The molecule has 98 valence electrons. The maximum absolute atomic E-state index is 12.6. The topological polar surface area (TPSA) is 29.5 Å². The molecule has 0 aliphatic rings. The zero-order valence-electron chi connectivity index (χ0n) is 7.59. The van der Waals surface area contributed by atoms with Gasteiger partial charge < -0.3 is 9.84 Å². The van der Waals surface area contributed by atoms with Crippen molar-refractivity contribution in [3.05, 3.63) is 0 Å². The van der Waals surface area contributed by atoms with Crippen molar-refractivity contribution in [2.45, 2.75) is 23.9 Å². The molecule has 0 aromatic rings. The Kier molecular flexibility index (Phi) is 3.83. The maximum atomic E-state index is 12.6. The summed E-state index contributed by atoms with van der Waals surface area (Å²) in [4.78, 5) is 0. The fourth-order valence-corrected chi connectivity index (χ4v) is 0.861. The summed E-state index contributed by atoms with van der Waals surface area (Å²) in [6.45, 7) is -2.22. The molecule has 0 aliphatic carbocycles. The van der Waals surface area contributed by atoms with Crippen LogP contribution in [0.1, 0.15) is 0 Å². The van der Waals surface area contributed by atoms with Crippen LogP contribution in [-0.4, -0.2) is 42.7 Å². The van der Waals surface area contributed by atoms with Gasteiger partial charge in [0.2, 0.25) is 0 Å². The number of methoxy groups -OCH3 is 1. The summed E-state index contributed by atoms with van der Waals surface area (Å²) >= 11 is 0. The first kappa shape index (κ1) is 15.4. The molecule has 10 heteroatoms. The number of rotatable bonds is 3. The average Bonchev–Trinajstić information content (AvgIpc) is 1.98. The molecule has 0 unspecified atom stereocenters. The Bertz CT molecular complexity index is 228. The first-order valence-electron chi connectivity index (χ1n) is 3.54. The molecule has 2 nitrogen and oxygen atoms in total. The van der Waals surface area contributed by atoms with Crippen molar-refractivity contribution in [3.8, 4) is 0 Å². The SMILES string of the molecule is COCC(F)(F)C(O)(C(F)(F)F)C(F)(F)F. The van der Waals surface area contributed by atoms with Crippen molar-refractivity contribution in [2.24, 2.45) is 0 Å². The summed E-state index contributed by atoms with van der Waals surface area (Å²) in [5.74, 6) is -5.54. The van der Waals surface area contributed by atoms with Gasteiger partial charge in [0, 0.05) is 7.11 Å². The van der Waals surface area contributed by atoms with E-state index in [-0.39, 0.29) is 0 Å². The summed E-state index contributed by atoms with van der Waals surface area (Å²) in [5.41, 5.74) is -6.14. The Morgan fingerprint density at radius 3 is 1.38 bits per heavy atom. The molecular formula is C6H6F8O2. The Morgan fingerprint density at radius 1 is 0.875 bits per heavy atom. The molecule has 1 N–H and O–H groups in total. The van der Waals surface area contributed by atoms with E-state index < -0.39 is 30.5 Å². The molecule has 16 heavy (non-hydrogen) atoms. The van der Waals surface area contributed by atoms with E-state index in [0.717, 1.165) is 0 Å². The van der Waals surface area contributed by atoms with Crippen molar-refractivity contribution >= 4 is 0 Å². The minimum absolute atomic E-state index is 0.473. The zero-order valence-corrected chi connectivity index (χ0v) is 7.59. The smallest absolute Gasteiger partial charge is 0.378 e. The summed E-state index contributed by atoms with van der Waals surface area (Å²) in [6.07, 6.45) is -13.2. The molecule has 0 aliphatic heterocycles. The summed E-state index contributed by atoms with van der Waals surface area (Å²) in [7, 11) is 0.473. The van der Waals surface area contributed by atoms with E-state index >= 15 is 0 Å². The van der Waals surface area contributed by atoms with Gasteiger partial charge in [0.05, 0.1) is 0 Å². The summed E-state index contributed by atoms with van der Waals surface area (Å²) in [6, 6.07) is 0. The van der Waals surface area contributed by atoms with Crippen molar-refractivity contribution < 1.29 is 45.0 Å². The first-order valence-corrected chi connectivity index (χ1v) is 3.54. The number of aliphatic hydroxyl groups is 1. The minimum Gasteiger partial charge on any atom is -0.378 e. The Hall–Kier alpha value is -0.640. The molecule has 0 bridgehead atoms. The molecule has 0 spiro atoms. The molecule has 0 atom stereocenters. The normalized spacial score (nSPS) is 15.4. The predicted molar refractivity (Wildman–Crippen MR) is 33.9 cm³/mol. The van der Waals surface area contributed by atoms with E-state index in [2.05, 4.69) is 4.74 Å². The van der Waals surface area contributed by atoms with Crippen LogP contribution in [0.2, 0.25) is 0 Å². The largest absolute Gasteiger partial charge is 0.432 e. The van der Waals surface area contributed by atoms with Crippen molar-refractivity contribution in [3.63, 3.8) is 0 Å². The van der Waals surface area contributed by atoms with Gasteiger partial charge in [-0.2, -0.15) is 26.3 Å². The highest BCUT2D eigenvalue weighted by molar-refractivity contribution is 5.04. The third-order valence-electron chi connectivity index (χ3n) is 1.68. The van der Waals surface area contributed by atoms with Gasteiger partial charge in [-0.1, -0.05) is 0 Å². The van der Waals surface area contributed by atoms with Crippen molar-refractivity contribution in [2.75, 3.05) is 13.7 Å². The van der Waals surface area contributed by atoms with Crippen LogP contribution in [0.5, 0.6) is 0 Å². The van der Waals surface area contributed by atoms with Crippen LogP contribution in [0.25, 0.3) is 0 Å². The third-order valence-corrected chi connectivity index (χ3v) is 1.68. The molecule has 0 radical (unpaired) electrons. The van der Waals surface area contributed by atoms with Gasteiger partial charge >= 0.3 is 23.9 Å². The molecule has 0 aromatic heterocycles. The summed E-state index contributed by atoms with van der Waals surface area (Å²) < 4.78 is 100. The monoisotopic (exact) mass is 262 g/mol. The number of alkyl halides is 8. The molecule has 0 amide bonds. The van der Waals surface area contributed by atoms with Crippen molar-refractivity contribution in [1.29, 1.82) is 0 Å². The molecular weight excluding hydrogens is 256 g/mol. The second-order valence-corrected chi connectivity index (χ2v) is 2.84. The van der Waals surface area contributed by atoms with E-state index in [1.54, 1.807) is 0 Å². The molecule has 0 saturated heterocycles. The highest BCUT2D eigenvalue weighted by atomic mass is 19.4. The minimum atomic E-state index is -6.58. The number of hydrogen-bond donors (Lipinski definition) is 1. The third kappa shape index (κ3) is 2.21. The van der Waals surface area contributed by atoms with Gasteiger partial charge in [-0.15, -0.1) is 0 Å². The van der Waals surface area contributed by atoms with Gasteiger partial charge in [0.1, 0.15) is 6.61 Å². The predicted octanol–water partition coefficient (Wildman–Crippen LogP) is 2.12. The lowest BCUT2D eigenvalue weighted by Crippen LogP contribution is -2.68. The fourth-order valence-electron chi connectivity index (χ4n) is 0.861. The van der Waals surface area contributed by atoms with E-state index in [9.17, 15) is 35.1 Å². The highest BCUT2D eigenvalue weighted by Crippen LogP contribution is 2.51. The second-order valence-electron chi connectivity index (χ2n) is 2.84. The first-order chi connectivity index (χ1) is 6.81. The van der Waals surface area contributed by atoms with Crippen LogP contribution >= 0.6 is 0 Å². The van der Waals surface area contributed by atoms with Gasteiger partial charge in [0.15, 0.2) is 0 Å². The zero-order chi connectivity index (χ0) is 13.4. The van der Waals surface area contributed by atoms with Gasteiger partial charge in [-0.25, -0.2) is 8.78 Å². The number of hydrogen-bond acceptors (Lipinski definition) is 2. The standard InChI is InChI=1S/C6H6F8O2/c1-16-2-3(7,8)4(15,5(9,10)11)6(12,13)14/h15H,2H2,1H3. The average molecular weight is 262 g/mol. The van der Waals surface area contributed by atoms with Crippen molar-refractivity contribution in [1.82, 2.24) is 0 Å². The van der Waals surface area contributed by atoms with E-state index in [4.69, 9.17) is 5.11 Å². The Morgan fingerprint density at radius 2 is 1.19 bits per heavy atom. The van der Waals surface area contributed by atoms with Crippen LogP contribution in [-0.2, 0) is 4.74 Å². The lowest BCUT2D eigenvalue weighted by atomic mass is 9.94. The highest BCUT2D eigenvalue weighted by Gasteiger charge is 2.82. The molecule has 0 saturated carbocycles. The second kappa shape index (κ2) is 3.99.